The summed E-state index contributed by atoms with van der Waals surface area (Å²) in [5, 5.41) is 2.84. The lowest BCUT2D eigenvalue weighted by atomic mass is 9.75. The molecule has 1 aromatic rings. The van der Waals surface area contributed by atoms with Gasteiger partial charge in [0.15, 0.2) is 0 Å². The maximum atomic E-state index is 13.8. The first kappa shape index (κ1) is 36.0. The van der Waals surface area contributed by atoms with Gasteiger partial charge in [-0.15, -0.1) is 0 Å². The minimum absolute atomic E-state index is 0.0532. The van der Waals surface area contributed by atoms with Crippen molar-refractivity contribution in [2.45, 2.75) is 114 Å². The monoisotopic (exact) mass is 639 g/mol. The lowest BCUT2D eigenvalue weighted by molar-refractivity contribution is -0.341. The third-order valence-corrected chi connectivity index (χ3v) is 10.3. The van der Waals surface area contributed by atoms with E-state index >= 15 is 0 Å². The zero-order valence-corrected chi connectivity index (χ0v) is 29.9. The first-order chi connectivity index (χ1) is 21.7. The Bertz CT molecular complexity index is 1350. The van der Waals surface area contributed by atoms with Crippen LogP contribution in [-0.2, 0) is 24.1 Å². The van der Waals surface area contributed by atoms with Crippen LogP contribution in [-0.4, -0.2) is 42.3 Å². The van der Waals surface area contributed by atoms with Gasteiger partial charge in [0.2, 0.25) is 5.91 Å². The van der Waals surface area contributed by atoms with E-state index in [1.165, 1.54) is 6.92 Å². The van der Waals surface area contributed by atoms with Gasteiger partial charge in [0.05, 0.1) is 18.4 Å². The molecule has 2 saturated carbocycles. The summed E-state index contributed by atoms with van der Waals surface area (Å²) in [6, 6.07) is 0. The number of carbonyl (C=O) groups excluding carboxylic acids is 2. The fraction of sp³-hybridized carbons (Fsp3) is 0.676. The van der Waals surface area contributed by atoms with E-state index in [1.807, 2.05) is 26.8 Å². The van der Waals surface area contributed by atoms with Gasteiger partial charge in [-0.3, -0.25) is 15.1 Å². The molecule has 4 rings (SSSR count). The number of ether oxygens (including phenoxy) is 1. The molecule has 3 aliphatic rings. The van der Waals surface area contributed by atoms with E-state index in [4.69, 9.17) is 19.3 Å². The molecule has 0 aliphatic heterocycles. The molecule has 0 radical (unpaired) electrons. The smallest absolute Gasteiger partial charge is 0.342 e. The molecule has 9 nitrogen and oxygen atoms in total. The largest absolute Gasteiger partial charge is 0.458 e. The Hall–Kier alpha value is -2.88. The second-order valence-corrected chi connectivity index (χ2v) is 14.5. The first-order valence-electron chi connectivity index (χ1n) is 17.2. The van der Waals surface area contributed by atoms with E-state index in [1.54, 1.807) is 0 Å². The topological polar surface area (TPSA) is 111 Å². The van der Waals surface area contributed by atoms with Crippen molar-refractivity contribution in [2.75, 3.05) is 18.5 Å². The van der Waals surface area contributed by atoms with Crippen molar-refractivity contribution in [3.05, 3.63) is 45.3 Å². The van der Waals surface area contributed by atoms with Gasteiger partial charge < -0.3 is 15.0 Å². The van der Waals surface area contributed by atoms with Crippen LogP contribution in [0.25, 0.3) is 5.57 Å². The predicted octanol–water partition coefficient (Wildman–Crippen LogP) is 8.06. The van der Waals surface area contributed by atoms with E-state index in [2.05, 4.69) is 64.2 Å². The number of aromatic nitrogens is 1. The molecule has 3 aliphatic carbocycles. The van der Waals surface area contributed by atoms with Crippen molar-refractivity contribution in [1.82, 2.24) is 10.5 Å². The average molecular weight is 640 g/mol. The lowest BCUT2D eigenvalue weighted by Gasteiger charge is -2.37. The molecule has 0 aromatic carbocycles. The highest BCUT2D eigenvalue weighted by Crippen LogP contribution is 2.40. The van der Waals surface area contributed by atoms with E-state index < -0.39 is 5.97 Å². The van der Waals surface area contributed by atoms with Gasteiger partial charge >= 0.3 is 5.97 Å². The van der Waals surface area contributed by atoms with Crippen molar-refractivity contribution in [3.63, 3.8) is 0 Å². The highest BCUT2D eigenvalue weighted by atomic mass is 17.2. The molecular weight excluding hydrogens is 582 g/mol. The molecule has 0 bridgehead atoms. The highest BCUT2D eigenvalue weighted by Gasteiger charge is 2.36. The standard InChI is InChI=1S/C37H57N3O6/c1-12-43-40-31-17-29(25(8)30(31)18-44-46-35-23(6)15-20(3)16-24(35)7)26(9)33-27(10)32(36(39-33)38-28(11)41)37(42)45-34-21(4)13-19(2)14-22(34)5/h17,19-24,34-35,39-40H,12-16,18H2,1-11H3,(H,38,41)/b29-26+. The van der Waals surface area contributed by atoms with Gasteiger partial charge in [-0.2, -0.15) is 0 Å². The van der Waals surface area contributed by atoms with Gasteiger partial charge in [0.1, 0.15) is 24.1 Å². The van der Waals surface area contributed by atoms with E-state index in [0.29, 0.717) is 41.7 Å². The van der Waals surface area contributed by atoms with Crippen molar-refractivity contribution in [2.24, 2.45) is 35.5 Å². The zero-order chi connectivity index (χ0) is 33.9. The van der Waals surface area contributed by atoms with Crippen LogP contribution in [0.2, 0.25) is 0 Å². The normalized spacial score (nSPS) is 31.1. The minimum Gasteiger partial charge on any atom is -0.458 e. The highest BCUT2D eigenvalue weighted by molar-refractivity contribution is 6.02. The van der Waals surface area contributed by atoms with Crippen LogP contribution < -0.4 is 10.8 Å². The van der Waals surface area contributed by atoms with Crippen molar-refractivity contribution >= 4 is 23.3 Å². The van der Waals surface area contributed by atoms with Crippen LogP contribution in [0.3, 0.4) is 0 Å². The van der Waals surface area contributed by atoms with Crippen molar-refractivity contribution in [1.29, 1.82) is 0 Å². The second kappa shape index (κ2) is 15.3. The summed E-state index contributed by atoms with van der Waals surface area (Å²) in [6.07, 6.45) is 6.23. The molecule has 2 fully saturated rings. The van der Waals surface area contributed by atoms with Crippen LogP contribution in [0.4, 0.5) is 5.82 Å². The molecular formula is C37H57N3O6. The van der Waals surface area contributed by atoms with Crippen LogP contribution in [0, 0.1) is 42.4 Å². The Morgan fingerprint density at radius 1 is 0.891 bits per heavy atom. The number of H-pyrrole nitrogens is 1. The molecule has 3 N–H and O–H groups in total. The van der Waals surface area contributed by atoms with Crippen LogP contribution in [0.5, 0.6) is 0 Å². The number of amides is 1. The number of anilines is 1. The van der Waals surface area contributed by atoms with Crippen LogP contribution >= 0.6 is 0 Å². The Kier molecular flexibility index (Phi) is 12.0. The van der Waals surface area contributed by atoms with Gasteiger partial charge in [-0.05, 0) is 117 Å². The maximum absolute atomic E-state index is 13.8. The Morgan fingerprint density at radius 3 is 2.00 bits per heavy atom. The number of hydrogen-bond donors (Lipinski definition) is 3. The summed E-state index contributed by atoms with van der Waals surface area (Å²) in [7, 11) is 0. The lowest BCUT2D eigenvalue weighted by Crippen LogP contribution is -2.37. The number of nitrogens with one attached hydrogen (secondary N) is 3. The Labute approximate surface area is 275 Å². The molecule has 46 heavy (non-hydrogen) atoms. The number of hydroxylamine groups is 1. The molecule has 1 aromatic heterocycles. The Morgan fingerprint density at radius 2 is 1.46 bits per heavy atom. The van der Waals surface area contributed by atoms with Crippen LogP contribution in [0.15, 0.2) is 28.5 Å². The molecule has 4 unspecified atom stereocenters. The summed E-state index contributed by atoms with van der Waals surface area (Å²) in [5.41, 5.74) is 9.57. The second-order valence-electron chi connectivity index (χ2n) is 14.5. The van der Waals surface area contributed by atoms with Crippen molar-refractivity contribution < 1.29 is 28.9 Å². The third kappa shape index (κ3) is 7.97. The van der Waals surface area contributed by atoms with Crippen molar-refractivity contribution in [3.8, 4) is 0 Å². The first-order valence-corrected chi connectivity index (χ1v) is 17.2. The van der Waals surface area contributed by atoms with Gasteiger partial charge in [-0.25, -0.2) is 14.6 Å². The molecule has 256 valence electrons. The summed E-state index contributed by atoms with van der Waals surface area (Å²) < 4.78 is 6.18. The minimum atomic E-state index is -0.417. The number of allylic oxidation sites excluding steroid dienone is 4. The molecule has 0 saturated heterocycles. The number of rotatable bonds is 11. The predicted molar refractivity (Wildman–Crippen MR) is 181 cm³/mol. The fourth-order valence-corrected chi connectivity index (χ4v) is 8.31. The van der Waals surface area contributed by atoms with E-state index in [9.17, 15) is 9.59 Å². The maximum Gasteiger partial charge on any atom is 0.342 e. The molecule has 9 heteroatoms. The number of esters is 1. The quantitative estimate of drug-likeness (QED) is 0.128. The third-order valence-electron chi connectivity index (χ3n) is 10.3. The van der Waals surface area contributed by atoms with E-state index in [0.717, 1.165) is 64.9 Å². The Balaban J connectivity index is 1.64. The number of aromatic amines is 1. The molecule has 1 amide bonds. The van der Waals surface area contributed by atoms with Gasteiger partial charge in [0, 0.05) is 18.2 Å². The SMILES string of the molecule is CCONC1=C/C(=C(/C)c2[nH]c(NC(C)=O)c(C(=O)OC3C(C)CC(C)CC3C)c2C)C(C)=C1COOC1C(C)CC(C)CC1C. The summed E-state index contributed by atoms with van der Waals surface area (Å²) in [4.78, 5) is 46.9. The summed E-state index contributed by atoms with van der Waals surface area (Å²) >= 11 is 0. The fourth-order valence-electron chi connectivity index (χ4n) is 8.31. The zero-order valence-electron chi connectivity index (χ0n) is 29.9. The number of carbonyl (C=O) groups is 2. The summed E-state index contributed by atoms with van der Waals surface area (Å²) in [5.74, 6) is 2.35. The average Bonchev–Trinajstić information content (AvgIpc) is 3.45. The van der Waals surface area contributed by atoms with E-state index in [-0.39, 0.29) is 36.6 Å². The van der Waals surface area contributed by atoms with Gasteiger partial charge in [0.25, 0.3) is 0 Å². The number of hydrogen-bond acceptors (Lipinski definition) is 7. The van der Waals surface area contributed by atoms with Crippen LogP contribution in [0.1, 0.15) is 117 Å². The molecule has 0 spiro atoms. The van der Waals surface area contributed by atoms with Gasteiger partial charge in [-0.1, -0.05) is 41.5 Å². The molecule has 1 heterocycles. The molecule has 4 atom stereocenters. The summed E-state index contributed by atoms with van der Waals surface area (Å²) in [6.45, 7) is 23.4.